The molecule has 6 aliphatic rings. The lowest BCUT2D eigenvalue weighted by Gasteiger charge is -2.64. The fourth-order valence-corrected chi connectivity index (χ4v) is 12.6. The van der Waals surface area contributed by atoms with Gasteiger partial charge in [-0.2, -0.15) is 0 Å². The number of benzene rings is 1. The van der Waals surface area contributed by atoms with Crippen LogP contribution in [-0.2, 0) is 21.4 Å². The third-order valence-electron chi connectivity index (χ3n) is 15.0. The van der Waals surface area contributed by atoms with Crippen LogP contribution >= 0.6 is 0 Å². The Hall–Kier alpha value is -2.80. The Bertz CT molecular complexity index is 1940. The molecule has 0 amide bonds. The summed E-state index contributed by atoms with van der Waals surface area (Å²) in [5.74, 6) is 0.313. The van der Waals surface area contributed by atoms with Crippen LogP contribution in [-0.4, -0.2) is 43.7 Å². The third kappa shape index (κ3) is 3.95. The summed E-state index contributed by atoms with van der Waals surface area (Å²) in [5.41, 5.74) is 5.92. The predicted octanol–water partition coefficient (Wildman–Crippen LogP) is 8.38. The maximum absolute atomic E-state index is 14.8. The summed E-state index contributed by atoms with van der Waals surface area (Å²) >= 11 is 0. The van der Waals surface area contributed by atoms with Crippen molar-refractivity contribution in [2.45, 2.75) is 136 Å². The molecule has 2 saturated carbocycles. The lowest BCUT2D eigenvalue weighted by molar-refractivity contribution is -0.145. The van der Waals surface area contributed by atoms with Gasteiger partial charge in [0, 0.05) is 39.3 Å². The molecular weight excluding hydrogens is 610 g/mol. The van der Waals surface area contributed by atoms with Crippen LogP contribution in [0.15, 0.2) is 36.4 Å². The van der Waals surface area contributed by atoms with Gasteiger partial charge in [0.1, 0.15) is 11.8 Å². The second-order valence-electron chi connectivity index (χ2n) is 18.6. The second-order valence-corrected chi connectivity index (χ2v) is 18.6. The number of nitrogens with zero attached hydrogens (tertiary/aromatic N) is 1. The molecule has 6 heteroatoms. The van der Waals surface area contributed by atoms with Crippen molar-refractivity contribution >= 4 is 28.0 Å². The molecule has 3 unspecified atom stereocenters. The molecule has 6 nitrogen and oxygen atoms in total. The first-order valence-corrected chi connectivity index (χ1v) is 18.6. The molecule has 0 bridgehead atoms. The van der Waals surface area contributed by atoms with E-state index in [4.69, 9.17) is 4.74 Å². The van der Waals surface area contributed by atoms with E-state index in [1.165, 1.54) is 11.3 Å². The van der Waals surface area contributed by atoms with Crippen molar-refractivity contribution in [3.8, 4) is 0 Å². The Kier molecular flexibility index (Phi) is 6.77. The second kappa shape index (κ2) is 9.95. The van der Waals surface area contributed by atoms with Crippen molar-refractivity contribution in [1.29, 1.82) is 0 Å². The molecule has 1 aromatic carbocycles. The summed E-state index contributed by atoms with van der Waals surface area (Å²) in [4.78, 5) is 27.1. The van der Waals surface area contributed by atoms with Crippen molar-refractivity contribution in [3.63, 3.8) is 0 Å². The molecule has 3 heterocycles. The number of hydrogen-bond acceptors (Lipinski definition) is 5. The zero-order valence-electron chi connectivity index (χ0n) is 31.2. The number of fused-ring (bicyclic) bond motifs is 11. The molecule has 0 spiro atoms. The summed E-state index contributed by atoms with van der Waals surface area (Å²) in [6, 6.07) is 1.79. The van der Waals surface area contributed by atoms with Gasteiger partial charge in [0.05, 0.1) is 34.5 Å². The number of Topliss-reactive ketones (excluding diaryl/α,β-unsaturated/α-hetero) is 2. The lowest BCUT2D eigenvalue weighted by Crippen LogP contribution is -2.62. The minimum Gasteiger partial charge on any atom is -0.392 e. The molecular formula is C43H55NO5. The normalized spacial score (nSPS) is 40.1. The fourth-order valence-electron chi connectivity index (χ4n) is 12.6. The standard InChI is InChI=1S/C43H55NO5/c1-21(2)34-37(48)32-31-25(28-20-39(5,6)49-40(7,8)33(28)36(31)47)19-26-27-18-24-12-13-29-41(9,16-14-22(3)23(4)45)30(46)15-17-42(29,10)43(24,11)38(27)44(34)35(26)32/h14,16,19-20,22,24,29-30,33-34,36,46-47H,1,12-13,15,17-18H2,2-11H3/b16-14+/t22?,24?,29-,30-,33?,34-,36+,41-,42-,43+/m0/s1. The number of aromatic nitrogens is 1. The van der Waals surface area contributed by atoms with E-state index < -0.39 is 34.9 Å². The topological polar surface area (TPSA) is 88.8 Å². The van der Waals surface area contributed by atoms with Crippen molar-refractivity contribution in [3.05, 3.63) is 64.4 Å². The van der Waals surface area contributed by atoms with E-state index >= 15 is 0 Å². The van der Waals surface area contributed by atoms with Gasteiger partial charge in [-0.3, -0.25) is 9.59 Å². The largest absolute Gasteiger partial charge is 0.392 e. The monoisotopic (exact) mass is 665 g/mol. The van der Waals surface area contributed by atoms with Crippen LogP contribution in [0.5, 0.6) is 0 Å². The molecule has 0 saturated heterocycles. The van der Waals surface area contributed by atoms with Gasteiger partial charge in [-0.05, 0) is 120 Å². The number of aliphatic hydroxyl groups is 2. The van der Waals surface area contributed by atoms with Crippen LogP contribution in [0, 0.1) is 34.5 Å². The van der Waals surface area contributed by atoms with Crippen molar-refractivity contribution in [2.75, 3.05) is 0 Å². The maximum atomic E-state index is 14.8. The number of carbonyl (C=O) groups excluding carboxylic acids is 2. The number of allylic oxidation sites excluding steroid dienone is 2. The minimum absolute atomic E-state index is 0.0399. The van der Waals surface area contributed by atoms with Crippen LogP contribution in [0.2, 0.25) is 0 Å². The van der Waals surface area contributed by atoms with Gasteiger partial charge >= 0.3 is 0 Å². The number of hydrogen-bond donors (Lipinski definition) is 2. The Morgan fingerprint density at radius 3 is 2.43 bits per heavy atom. The van der Waals surface area contributed by atoms with Crippen molar-refractivity contribution in [1.82, 2.24) is 4.57 Å². The molecule has 262 valence electrons. The molecule has 1 aromatic heterocycles. The Balaban J connectivity index is 1.38. The predicted molar refractivity (Wildman–Crippen MR) is 193 cm³/mol. The Morgan fingerprint density at radius 2 is 1.78 bits per heavy atom. The zero-order valence-corrected chi connectivity index (χ0v) is 31.2. The molecule has 49 heavy (non-hydrogen) atoms. The minimum atomic E-state index is -0.845. The highest BCUT2D eigenvalue weighted by Crippen LogP contribution is 2.71. The zero-order chi connectivity index (χ0) is 35.5. The first-order valence-electron chi connectivity index (χ1n) is 18.6. The van der Waals surface area contributed by atoms with E-state index in [-0.39, 0.29) is 40.2 Å². The highest BCUT2D eigenvalue weighted by atomic mass is 16.5. The smallest absolute Gasteiger partial charge is 0.192 e. The molecule has 2 aromatic rings. The van der Waals surface area contributed by atoms with Gasteiger partial charge in [0.15, 0.2) is 5.78 Å². The molecule has 10 atom stereocenters. The quantitative estimate of drug-likeness (QED) is 0.321. The lowest BCUT2D eigenvalue weighted by atomic mass is 9.40. The number of ketones is 2. The summed E-state index contributed by atoms with van der Waals surface area (Å²) < 4.78 is 8.89. The highest BCUT2D eigenvalue weighted by Gasteiger charge is 2.67. The van der Waals surface area contributed by atoms with Gasteiger partial charge in [-0.15, -0.1) is 0 Å². The summed E-state index contributed by atoms with van der Waals surface area (Å²) in [6.07, 6.45) is 9.63. The van der Waals surface area contributed by atoms with Gasteiger partial charge < -0.3 is 19.5 Å². The number of aliphatic hydroxyl groups excluding tert-OH is 2. The fraction of sp³-hybridized carbons (Fsp3) is 0.628. The van der Waals surface area contributed by atoms with E-state index in [1.54, 1.807) is 6.92 Å². The summed E-state index contributed by atoms with van der Waals surface area (Å²) in [5, 5.41) is 25.0. The van der Waals surface area contributed by atoms with Crippen LogP contribution in [0.4, 0.5) is 0 Å². The van der Waals surface area contributed by atoms with Crippen LogP contribution in [0.3, 0.4) is 0 Å². The molecule has 2 fully saturated rings. The SMILES string of the molecule is C=C(C)[C@H]1C(=O)c2c3c(cc4c5c(n1c24)[C@@]1(C)C(CC[C@H]2[C@](C)(/C=C/C(C)C(C)=O)[C@@H](O)CC[C@@]21C)C5)C1=CC(C)(C)OC(C)(C)C1[C@@H]3O. The third-order valence-corrected chi connectivity index (χ3v) is 15.0. The van der Waals surface area contributed by atoms with Gasteiger partial charge in [0.2, 0.25) is 0 Å². The van der Waals surface area contributed by atoms with E-state index in [0.717, 1.165) is 58.9 Å². The van der Waals surface area contributed by atoms with Gasteiger partial charge in [-0.25, -0.2) is 0 Å². The molecule has 2 aliphatic heterocycles. The average molecular weight is 666 g/mol. The first-order chi connectivity index (χ1) is 22.7. The molecule has 2 N–H and O–H groups in total. The van der Waals surface area contributed by atoms with E-state index in [2.05, 4.69) is 77.8 Å². The van der Waals surface area contributed by atoms with Gasteiger partial charge in [0.25, 0.3) is 0 Å². The summed E-state index contributed by atoms with van der Waals surface area (Å²) in [6.45, 7) is 25.3. The van der Waals surface area contributed by atoms with Crippen LogP contribution < -0.4 is 0 Å². The molecule has 0 radical (unpaired) electrons. The van der Waals surface area contributed by atoms with Crippen molar-refractivity contribution in [2.24, 2.45) is 34.5 Å². The Morgan fingerprint density at radius 1 is 1.08 bits per heavy atom. The Labute approximate surface area is 291 Å². The average Bonchev–Trinajstić information content (AvgIpc) is 3.66. The number of carbonyl (C=O) groups is 2. The van der Waals surface area contributed by atoms with Crippen LogP contribution in [0.1, 0.15) is 140 Å². The maximum Gasteiger partial charge on any atom is 0.192 e. The number of rotatable bonds is 4. The van der Waals surface area contributed by atoms with E-state index in [9.17, 15) is 19.8 Å². The highest BCUT2D eigenvalue weighted by molar-refractivity contribution is 6.18. The van der Waals surface area contributed by atoms with E-state index in [1.807, 2.05) is 19.9 Å². The number of ether oxygens (including phenoxy) is 1. The first kappa shape index (κ1) is 33.3. The van der Waals surface area contributed by atoms with Gasteiger partial charge in [-0.1, -0.05) is 52.0 Å². The van der Waals surface area contributed by atoms with Crippen molar-refractivity contribution < 1.29 is 24.5 Å². The summed E-state index contributed by atoms with van der Waals surface area (Å²) in [7, 11) is 0. The molecule has 8 rings (SSSR count). The van der Waals surface area contributed by atoms with Crippen LogP contribution in [0.25, 0.3) is 16.5 Å². The van der Waals surface area contributed by atoms with E-state index in [0.29, 0.717) is 17.9 Å². The molecule has 4 aliphatic carbocycles.